The number of rotatable bonds is 4. The maximum Gasteiger partial charge on any atom is 0.405 e. The molecule has 1 aliphatic heterocycles. The molecule has 0 aromatic heterocycles. The zero-order chi connectivity index (χ0) is 20.0. The Labute approximate surface area is 152 Å². The topological polar surface area (TPSA) is 81.8 Å². The highest BCUT2D eigenvalue weighted by atomic mass is 19.4. The Hall–Kier alpha value is -2.69. The van der Waals surface area contributed by atoms with E-state index in [4.69, 9.17) is 0 Å². The van der Waals surface area contributed by atoms with Gasteiger partial charge in [-0.1, -0.05) is 0 Å². The molecule has 2 N–H and O–H groups in total. The lowest BCUT2D eigenvalue weighted by atomic mass is 10.2. The molecule has 4 amide bonds. The van der Waals surface area contributed by atoms with Gasteiger partial charge in [0.05, 0.1) is 6.54 Å². The van der Waals surface area contributed by atoms with Crippen LogP contribution in [0, 0.1) is 5.82 Å². The van der Waals surface area contributed by atoms with Crippen LogP contribution in [0.1, 0.15) is 10.4 Å². The molecule has 0 atom stereocenters. The van der Waals surface area contributed by atoms with Gasteiger partial charge in [0.15, 0.2) is 0 Å². The largest absolute Gasteiger partial charge is 0.405 e. The molecule has 0 aliphatic carbocycles. The summed E-state index contributed by atoms with van der Waals surface area (Å²) in [5.41, 5.74) is 0.351. The molecule has 1 aromatic rings. The number of alkyl halides is 3. The summed E-state index contributed by atoms with van der Waals surface area (Å²) in [6.45, 7) is -0.364. The highest BCUT2D eigenvalue weighted by Crippen LogP contribution is 2.12. The first kappa shape index (κ1) is 20.6. The third kappa shape index (κ3) is 6.85. The number of halogens is 4. The molecule has 11 heteroatoms. The highest BCUT2D eigenvalue weighted by Gasteiger charge is 2.28. The fourth-order valence-electron chi connectivity index (χ4n) is 2.48. The number of carbonyl (C=O) groups is 3. The van der Waals surface area contributed by atoms with Crippen LogP contribution < -0.4 is 10.6 Å². The Morgan fingerprint density at radius 3 is 2.15 bits per heavy atom. The fraction of sp³-hybridized carbons (Fsp3) is 0.438. The molecule has 27 heavy (non-hydrogen) atoms. The molecule has 1 saturated heterocycles. The number of nitrogens with one attached hydrogen (secondary N) is 2. The van der Waals surface area contributed by atoms with E-state index in [1.165, 1.54) is 24.3 Å². The number of amides is 4. The number of hydrogen-bond donors (Lipinski definition) is 2. The predicted octanol–water partition coefficient (Wildman–Crippen LogP) is 0.972. The van der Waals surface area contributed by atoms with E-state index in [1.54, 1.807) is 15.1 Å². The Morgan fingerprint density at radius 1 is 1.00 bits per heavy atom. The van der Waals surface area contributed by atoms with E-state index < -0.39 is 30.5 Å². The normalized spacial score (nSPS) is 15.3. The van der Waals surface area contributed by atoms with Crippen LogP contribution in [0.2, 0.25) is 0 Å². The van der Waals surface area contributed by atoms with Gasteiger partial charge in [-0.25, -0.2) is 9.18 Å². The van der Waals surface area contributed by atoms with Gasteiger partial charge in [0.2, 0.25) is 5.91 Å². The van der Waals surface area contributed by atoms with Crippen molar-refractivity contribution in [1.82, 2.24) is 20.4 Å². The summed E-state index contributed by atoms with van der Waals surface area (Å²) in [4.78, 5) is 38.4. The number of imide groups is 1. The third-order valence-corrected chi connectivity index (χ3v) is 3.82. The van der Waals surface area contributed by atoms with Crippen LogP contribution in [0.3, 0.4) is 0 Å². The van der Waals surface area contributed by atoms with Gasteiger partial charge in [-0.15, -0.1) is 0 Å². The van der Waals surface area contributed by atoms with Crippen molar-refractivity contribution in [2.24, 2.45) is 0 Å². The number of nitrogens with zero attached hydrogens (tertiary/aromatic N) is 2. The van der Waals surface area contributed by atoms with Crippen molar-refractivity contribution in [3.05, 3.63) is 35.6 Å². The quantitative estimate of drug-likeness (QED) is 0.751. The van der Waals surface area contributed by atoms with E-state index in [1.807, 2.05) is 5.32 Å². The van der Waals surface area contributed by atoms with Crippen molar-refractivity contribution in [1.29, 1.82) is 0 Å². The van der Waals surface area contributed by atoms with Gasteiger partial charge < -0.3 is 10.2 Å². The molecule has 1 aliphatic rings. The summed E-state index contributed by atoms with van der Waals surface area (Å²) in [6.07, 6.45) is -4.56. The fourth-order valence-corrected chi connectivity index (χ4v) is 2.48. The highest BCUT2D eigenvalue weighted by molar-refractivity contribution is 5.95. The second-order valence-corrected chi connectivity index (χ2v) is 5.92. The summed E-state index contributed by atoms with van der Waals surface area (Å²) in [5, 5.41) is 3.36. The van der Waals surface area contributed by atoms with Crippen LogP contribution in [-0.2, 0) is 4.79 Å². The summed E-state index contributed by atoms with van der Waals surface area (Å²) >= 11 is 0. The van der Waals surface area contributed by atoms with Gasteiger partial charge in [-0.2, -0.15) is 13.2 Å². The number of piperazine rings is 1. The zero-order valence-electron chi connectivity index (χ0n) is 14.2. The zero-order valence-corrected chi connectivity index (χ0v) is 14.2. The molecule has 0 bridgehead atoms. The Bertz CT molecular complexity index is 686. The average Bonchev–Trinajstić information content (AvgIpc) is 2.60. The number of carbonyl (C=O) groups excluding carboxylic acids is 3. The standard InChI is InChI=1S/C16H18F4N4O3/c17-12-3-1-11(2-4-12)14(26)24-7-5-23(6-8-24)9-13(25)22-15(27)21-10-16(18,19)20/h1-4H,5-10H2,(H2,21,22,25,27). The van der Waals surface area contributed by atoms with Crippen LogP contribution in [-0.4, -0.2) is 73.1 Å². The van der Waals surface area contributed by atoms with E-state index in [-0.39, 0.29) is 12.5 Å². The lowest BCUT2D eigenvalue weighted by Crippen LogP contribution is -2.52. The minimum absolute atomic E-state index is 0.183. The lowest BCUT2D eigenvalue weighted by Gasteiger charge is -2.34. The van der Waals surface area contributed by atoms with E-state index in [0.29, 0.717) is 31.7 Å². The maximum atomic E-state index is 12.9. The van der Waals surface area contributed by atoms with Crippen LogP contribution in [0.4, 0.5) is 22.4 Å². The van der Waals surface area contributed by atoms with Crippen molar-refractivity contribution < 1.29 is 31.9 Å². The van der Waals surface area contributed by atoms with E-state index in [2.05, 4.69) is 0 Å². The molecule has 148 valence electrons. The summed E-state index contributed by atoms with van der Waals surface area (Å²) in [6, 6.07) is 3.94. The Kier molecular flexibility index (Phi) is 6.72. The Morgan fingerprint density at radius 2 is 1.59 bits per heavy atom. The summed E-state index contributed by atoms with van der Waals surface area (Å²) < 4.78 is 48.9. The summed E-state index contributed by atoms with van der Waals surface area (Å²) in [5.74, 6) is -1.44. The smallest absolute Gasteiger partial charge is 0.336 e. The predicted molar refractivity (Wildman–Crippen MR) is 86.3 cm³/mol. The molecular weight excluding hydrogens is 372 g/mol. The van der Waals surface area contributed by atoms with Crippen LogP contribution >= 0.6 is 0 Å². The second-order valence-electron chi connectivity index (χ2n) is 5.92. The van der Waals surface area contributed by atoms with Crippen molar-refractivity contribution in [2.75, 3.05) is 39.3 Å². The van der Waals surface area contributed by atoms with Gasteiger partial charge in [0, 0.05) is 31.7 Å². The number of urea groups is 1. The molecule has 0 spiro atoms. The Balaban J connectivity index is 1.73. The molecule has 7 nitrogen and oxygen atoms in total. The molecule has 0 unspecified atom stereocenters. The van der Waals surface area contributed by atoms with Crippen molar-refractivity contribution in [3.63, 3.8) is 0 Å². The molecule has 1 heterocycles. The summed E-state index contributed by atoms with van der Waals surface area (Å²) in [7, 11) is 0. The minimum Gasteiger partial charge on any atom is -0.336 e. The van der Waals surface area contributed by atoms with Gasteiger partial charge in [-0.3, -0.25) is 19.8 Å². The molecule has 1 fully saturated rings. The number of benzene rings is 1. The van der Waals surface area contributed by atoms with Crippen molar-refractivity contribution in [3.8, 4) is 0 Å². The average molecular weight is 390 g/mol. The first-order valence-electron chi connectivity index (χ1n) is 8.06. The van der Waals surface area contributed by atoms with Crippen LogP contribution in [0.15, 0.2) is 24.3 Å². The van der Waals surface area contributed by atoms with E-state index in [0.717, 1.165) is 0 Å². The second kappa shape index (κ2) is 8.80. The van der Waals surface area contributed by atoms with Crippen molar-refractivity contribution >= 4 is 17.8 Å². The third-order valence-electron chi connectivity index (χ3n) is 3.82. The van der Waals surface area contributed by atoms with Crippen molar-refractivity contribution in [2.45, 2.75) is 6.18 Å². The van der Waals surface area contributed by atoms with E-state index in [9.17, 15) is 31.9 Å². The SMILES string of the molecule is O=C(CN1CCN(C(=O)c2ccc(F)cc2)CC1)NC(=O)NCC(F)(F)F. The van der Waals surface area contributed by atoms with E-state index >= 15 is 0 Å². The molecule has 0 saturated carbocycles. The maximum absolute atomic E-state index is 12.9. The first-order chi connectivity index (χ1) is 12.6. The van der Waals surface area contributed by atoms with Gasteiger partial charge >= 0.3 is 12.2 Å². The van der Waals surface area contributed by atoms with Crippen LogP contribution in [0.5, 0.6) is 0 Å². The van der Waals surface area contributed by atoms with Gasteiger partial charge in [0.25, 0.3) is 5.91 Å². The first-order valence-corrected chi connectivity index (χ1v) is 8.06. The minimum atomic E-state index is -4.56. The molecule has 0 radical (unpaired) electrons. The molecular formula is C16H18F4N4O3. The number of hydrogen-bond acceptors (Lipinski definition) is 4. The van der Waals surface area contributed by atoms with Gasteiger partial charge in [-0.05, 0) is 24.3 Å². The monoisotopic (exact) mass is 390 g/mol. The molecule has 1 aromatic carbocycles. The molecule has 2 rings (SSSR count). The van der Waals surface area contributed by atoms with Crippen LogP contribution in [0.25, 0.3) is 0 Å². The van der Waals surface area contributed by atoms with Gasteiger partial charge in [0.1, 0.15) is 12.4 Å². The lowest BCUT2D eigenvalue weighted by molar-refractivity contribution is -0.125.